The van der Waals surface area contributed by atoms with Gasteiger partial charge in [0.25, 0.3) is 5.56 Å². The Morgan fingerprint density at radius 2 is 1.63 bits per heavy atom. The maximum absolute atomic E-state index is 12.6. The van der Waals surface area contributed by atoms with Crippen LogP contribution in [0.1, 0.15) is 18.9 Å². The number of pyridine rings is 1. The number of hydrogen-bond donors (Lipinski definition) is 1. The smallest absolute Gasteiger partial charge is 0.251 e. The Hall–Kier alpha value is -1.96. The molecule has 1 aliphatic rings. The van der Waals surface area contributed by atoms with Crippen molar-refractivity contribution in [1.29, 1.82) is 0 Å². The maximum Gasteiger partial charge on any atom is 0.251 e. The average Bonchev–Trinajstić information content (AvgIpc) is 2.98. The molecule has 0 spiro atoms. The van der Waals surface area contributed by atoms with Crippen LogP contribution in [0.2, 0.25) is 10.0 Å². The highest BCUT2D eigenvalue weighted by Gasteiger charge is 2.27. The van der Waals surface area contributed by atoms with Crippen LogP contribution in [0.4, 0.5) is 5.69 Å². The van der Waals surface area contributed by atoms with E-state index >= 15 is 0 Å². The molecule has 6 nitrogen and oxygen atoms in total. The predicted molar refractivity (Wildman–Crippen MR) is 109 cm³/mol. The fourth-order valence-corrected chi connectivity index (χ4v) is 5.83. The van der Waals surface area contributed by atoms with E-state index in [1.807, 2.05) is 10.6 Å². The minimum Gasteiger partial charge on any atom is -0.399 e. The molecule has 3 heterocycles. The molecule has 0 radical (unpaired) electrons. The minimum atomic E-state index is -3.01. The van der Waals surface area contributed by atoms with Crippen molar-refractivity contribution in [2.24, 2.45) is 0 Å². The van der Waals surface area contributed by atoms with E-state index in [0.717, 1.165) is 11.0 Å². The van der Waals surface area contributed by atoms with Gasteiger partial charge >= 0.3 is 0 Å². The second-order valence-electron chi connectivity index (χ2n) is 6.71. The van der Waals surface area contributed by atoms with Crippen LogP contribution in [0, 0.1) is 0 Å². The molecule has 1 fully saturated rings. The molecule has 1 aromatic carbocycles. The van der Waals surface area contributed by atoms with E-state index in [1.54, 1.807) is 29.0 Å². The largest absolute Gasteiger partial charge is 0.399 e. The summed E-state index contributed by atoms with van der Waals surface area (Å²) in [5.74, 6) is 0.188. The van der Waals surface area contributed by atoms with Gasteiger partial charge in [-0.1, -0.05) is 23.2 Å². The Morgan fingerprint density at radius 1 is 1.00 bits per heavy atom. The van der Waals surface area contributed by atoms with Gasteiger partial charge < -0.3 is 14.9 Å². The van der Waals surface area contributed by atoms with E-state index < -0.39 is 9.84 Å². The van der Waals surface area contributed by atoms with Crippen molar-refractivity contribution in [3.8, 4) is 5.69 Å². The van der Waals surface area contributed by atoms with Gasteiger partial charge in [0.2, 0.25) is 0 Å². The number of anilines is 1. The van der Waals surface area contributed by atoms with Gasteiger partial charge in [-0.3, -0.25) is 4.79 Å². The van der Waals surface area contributed by atoms with Gasteiger partial charge in [-0.2, -0.15) is 0 Å². The lowest BCUT2D eigenvalue weighted by molar-refractivity contribution is 0.451. The fourth-order valence-electron chi connectivity index (χ4n) is 3.68. The molecule has 1 saturated heterocycles. The van der Waals surface area contributed by atoms with Crippen molar-refractivity contribution < 1.29 is 8.42 Å². The zero-order chi connectivity index (χ0) is 19.3. The van der Waals surface area contributed by atoms with Crippen LogP contribution in [-0.4, -0.2) is 29.1 Å². The third-order valence-electron chi connectivity index (χ3n) is 4.95. The number of nitrogen functional groups attached to an aromatic ring is 1. The number of sulfone groups is 1. The zero-order valence-electron chi connectivity index (χ0n) is 14.2. The van der Waals surface area contributed by atoms with E-state index in [0.29, 0.717) is 34.3 Å². The molecule has 0 unspecified atom stereocenters. The highest BCUT2D eigenvalue weighted by Crippen LogP contribution is 2.34. The molecule has 142 valence electrons. The maximum atomic E-state index is 12.6. The Balaban J connectivity index is 1.88. The normalized spacial score (nSPS) is 17.4. The summed E-state index contributed by atoms with van der Waals surface area (Å²) in [6, 6.07) is 8.12. The van der Waals surface area contributed by atoms with E-state index in [4.69, 9.17) is 28.9 Å². The number of hydrogen-bond acceptors (Lipinski definition) is 4. The number of fused-ring (bicyclic) bond motifs is 1. The Labute approximate surface area is 166 Å². The van der Waals surface area contributed by atoms with Gasteiger partial charge in [0.05, 0.1) is 38.3 Å². The lowest BCUT2D eigenvalue weighted by Gasteiger charge is -2.25. The van der Waals surface area contributed by atoms with Crippen LogP contribution < -0.4 is 11.3 Å². The zero-order valence-corrected chi connectivity index (χ0v) is 16.6. The highest BCUT2D eigenvalue weighted by atomic mass is 35.5. The summed E-state index contributed by atoms with van der Waals surface area (Å²) >= 11 is 12.7. The summed E-state index contributed by atoms with van der Waals surface area (Å²) in [7, 11) is -3.01. The van der Waals surface area contributed by atoms with Crippen molar-refractivity contribution in [2.75, 3.05) is 17.2 Å². The van der Waals surface area contributed by atoms with Crippen LogP contribution in [0.3, 0.4) is 0 Å². The molecule has 27 heavy (non-hydrogen) atoms. The first-order valence-corrected chi connectivity index (χ1v) is 11.0. The van der Waals surface area contributed by atoms with E-state index in [9.17, 15) is 13.2 Å². The number of rotatable bonds is 2. The highest BCUT2D eigenvalue weighted by molar-refractivity contribution is 7.91. The molecule has 2 aromatic heterocycles. The first-order valence-electron chi connectivity index (χ1n) is 8.45. The van der Waals surface area contributed by atoms with Gasteiger partial charge in [0.15, 0.2) is 0 Å². The molecule has 9 heteroatoms. The average molecular weight is 426 g/mol. The van der Waals surface area contributed by atoms with Crippen LogP contribution in [0.15, 0.2) is 41.3 Å². The molecular weight excluding hydrogens is 409 g/mol. The van der Waals surface area contributed by atoms with E-state index in [-0.39, 0.29) is 23.1 Å². The Morgan fingerprint density at radius 3 is 2.26 bits per heavy atom. The molecule has 0 saturated carbocycles. The van der Waals surface area contributed by atoms with E-state index in [1.165, 1.54) is 6.07 Å². The molecule has 3 aromatic rings. The number of nitrogens with two attached hydrogens (primary N) is 1. The molecule has 0 amide bonds. The Kier molecular flexibility index (Phi) is 4.49. The fraction of sp³-hybridized carbons (Fsp3) is 0.278. The third kappa shape index (κ3) is 3.24. The first kappa shape index (κ1) is 18.4. The quantitative estimate of drug-likeness (QED) is 0.636. The Bertz CT molecular complexity index is 1180. The van der Waals surface area contributed by atoms with Crippen molar-refractivity contribution in [3.63, 3.8) is 0 Å². The van der Waals surface area contributed by atoms with Crippen LogP contribution in [0.25, 0.3) is 16.7 Å². The lowest BCUT2D eigenvalue weighted by Crippen LogP contribution is -2.31. The minimum absolute atomic E-state index is 0.0941. The van der Waals surface area contributed by atoms with Gasteiger partial charge in [0.1, 0.15) is 9.84 Å². The first-order chi connectivity index (χ1) is 12.8. The van der Waals surface area contributed by atoms with Crippen LogP contribution >= 0.6 is 23.2 Å². The van der Waals surface area contributed by atoms with Crippen molar-refractivity contribution >= 4 is 49.8 Å². The molecule has 2 N–H and O–H groups in total. The van der Waals surface area contributed by atoms with Gasteiger partial charge in [-0.25, -0.2) is 8.42 Å². The van der Waals surface area contributed by atoms with Gasteiger partial charge in [-0.15, -0.1) is 0 Å². The van der Waals surface area contributed by atoms with Crippen molar-refractivity contribution in [1.82, 2.24) is 9.13 Å². The summed E-state index contributed by atoms with van der Waals surface area (Å²) in [6.45, 7) is 0. The number of nitrogens with zero attached hydrogens (tertiary/aromatic N) is 2. The van der Waals surface area contributed by atoms with Crippen LogP contribution in [-0.2, 0) is 9.84 Å². The van der Waals surface area contributed by atoms with Gasteiger partial charge in [0, 0.05) is 24.0 Å². The van der Waals surface area contributed by atoms with Gasteiger partial charge in [-0.05, 0) is 37.1 Å². The second-order valence-corrected chi connectivity index (χ2v) is 9.83. The SMILES string of the molecule is Nc1cc(Cl)c(-n2ccc3c2ccc(=O)n3C2CCS(=O)(=O)CC2)c(Cl)c1. The molecule has 0 bridgehead atoms. The summed E-state index contributed by atoms with van der Waals surface area (Å²) in [4.78, 5) is 12.6. The monoisotopic (exact) mass is 425 g/mol. The topological polar surface area (TPSA) is 87.1 Å². The van der Waals surface area contributed by atoms with E-state index in [2.05, 4.69) is 0 Å². The predicted octanol–water partition coefficient (Wildman–Crippen LogP) is 3.43. The molecular formula is C18H17Cl2N3O3S. The summed E-state index contributed by atoms with van der Waals surface area (Å²) in [5, 5.41) is 0.804. The summed E-state index contributed by atoms with van der Waals surface area (Å²) in [6.07, 6.45) is 2.65. The molecule has 4 rings (SSSR count). The third-order valence-corrected chi connectivity index (χ3v) is 7.25. The van der Waals surface area contributed by atoms with Crippen molar-refractivity contribution in [2.45, 2.75) is 18.9 Å². The number of benzene rings is 1. The molecule has 1 aliphatic heterocycles. The van der Waals surface area contributed by atoms with Crippen LogP contribution in [0.5, 0.6) is 0 Å². The summed E-state index contributed by atoms with van der Waals surface area (Å²) in [5.41, 5.74) is 8.16. The lowest BCUT2D eigenvalue weighted by atomic mass is 10.1. The number of halogens is 2. The summed E-state index contributed by atoms with van der Waals surface area (Å²) < 4.78 is 27.0. The molecule has 0 atom stereocenters. The molecule has 0 aliphatic carbocycles. The number of aromatic nitrogens is 2. The standard InChI is InChI=1S/C18H17Cl2N3O3S/c19-13-9-11(21)10-14(20)18(13)22-6-3-16-15(22)1-2-17(24)23(16)12-4-7-27(25,26)8-5-12/h1-3,6,9-10,12H,4-5,7-8,21H2. The second kappa shape index (κ2) is 6.58. The van der Waals surface area contributed by atoms with Crippen molar-refractivity contribution in [3.05, 3.63) is 56.9 Å².